The van der Waals surface area contributed by atoms with E-state index in [0.717, 1.165) is 0 Å². The Balaban J connectivity index is 2.03. The van der Waals surface area contributed by atoms with Gasteiger partial charge in [-0.2, -0.15) is 0 Å². The number of rotatable bonds is 1. The van der Waals surface area contributed by atoms with Gasteiger partial charge in [0.25, 0.3) is 0 Å². The number of hydrogen-bond donors (Lipinski definition) is 0. The smallest absolute Gasteiger partial charge is 0.0646 e. The van der Waals surface area contributed by atoms with Crippen LogP contribution in [0.2, 0.25) is 0 Å². The summed E-state index contributed by atoms with van der Waals surface area (Å²) in [6.45, 7) is 4.64. The molecule has 1 aliphatic heterocycles. The molecule has 4 rings (SSSR count). The van der Waals surface area contributed by atoms with E-state index in [1.807, 2.05) is 0 Å². The molecule has 0 atom stereocenters. The first kappa shape index (κ1) is 14.8. The summed E-state index contributed by atoms with van der Waals surface area (Å²) in [5, 5.41) is 0. The van der Waals surface area contributed by atoms with Crippen molar-refractivity contribution in [3.8, 4) is 11.1 Å². The maximum absolute atomic E-state index is 2.44. The van der Waals surface area contributed by atoms with Crippen LogP contribution in [0.1, 0.15) is 25.0 Å². The van der Waals surface area contributed by atoms with Crippen molar-refractivity contribution >= 4 is 34.2 Å². The summed E-state index contributed by atoms with van der Waals surface area (Å²) < 4.78 is 2.32. The van der Waals surface area contributed by atoms with Crippen LogP contribution in [-0.2, 0) is 5.41 Å². The molecule has 114 valence electrons. The number of benzene rings is 3. The van der Waals surface area contributed by atoms with Crippen LogP contribution >= 0.6 is 22.9 Å². The first-order valence-corrected chi connectivity index (χ1v) is 8.81. The molecule has 0 aliphatic carbocycles. The Bertz CT molecular complexity index is 868. The minimum atomic E-state index is -0.00160. The SMILES string of the molecule is CC1(C)c2ccccc2N(I)c2c(-c3ccccc3)cccc21. The van der Waals surface area contributed by atoms with Crippen molar-refractivity contribution in [2.45, 2.75) is 19.3 Å². The molecule has 1 aliphatic rings. The highest BCUT2D eigenvalue weighted by Gasteiger charge is 2.36. The standard InChI is InChI=1S/C21H18IN/c1-21(2)17-12-6-7-14-19(17)23(22)20-16(11-8-13-18(20)21)15-9-4-3-5-10-15/h3-14H,1-2H3. The molecular weight excluding hydrogens is 393 g/mol. The normalized spacial score (nSPS) is 15.0. The summed E-state index contributed by atoms with van der Waals surface area (Å²) >= 11 is 2.44. The average Bonchev–Trinajstić information content (AvgIpc) is 2.60. The maximum Gasteiger partial charge on any atom is 0.0646 e. The third-order valence-corrected chi connectivity index (χ3v) is 5.78. The highest BCUT2D eigenvalue weighted by atomic mass is 127. The molecule has 3 aromatic carbocycles. The van der Waals surface area contributed by atoms with Gasteiger partial charge in [0.2, 0.25) is 0 Å². The molecule has 0 saturated heterocycles. The highest BCUT2D eigenvalue weighted by molar-refractivity contribution is 14.1. The average molecular weight is 411 g/mol. The van der Waals surface area contributed by atoms with E-state index >= 15 is 0 Å². The summed E-state index contributed by atoms with van der Waals surface area (Å²) in [4.78, 5) is 0. The number of fused-ring (bicyclic) bond motifs is 2. The minimum absolute atomic E-state index is 0.00160. The lowest BCUT2D eigenvalue weighted by atomic mass is 9.73. The van der Waals surface area contributed by atoms with E-state index in [0.29, 0.717) is 0 Å². The molecule has 1 heterocycles. The van der Waals surface area contributed by atoms with Gasteiger partial charge in [0.1, 0.15) is 0 Å². The zero-order valence-corrected chi connectivity index (χ0v) is 15.4. The molecule has 0 unspecified atom stereocenters. The molecule has 23 heavy (non-hydrogen) atoms. The van der Waals surface area contributed by atoms with Crippen LogP contribution in [0.3, 0.4) is 0 Å². The van der Waals surface area contributed by atoms with E-state index < -0.39 is 0 Å². The largest absolute Gasteiger partial charge is 0.282 e. The van der Waals surface area contributed by atoms with Crippen LogP contribution in [0.25, 0.3) is 11.1 Å². The molecule has 0 spiro atoms. The molecule has 0 aromatic heterocycles. The van der Waals surface area contributed by atoms with E-state index in [1.165, 1.54) is 33.6 Å². The van der Waals surface area contributed by atoms with E-state index in [2.05, 4.69) is 113 Å². The quantitative estimate of drug-likeness (QED) is 0.327. The number of hydrogen-bond acceptors (Lipinski definition) is 1. The van der Waals surface area contributed by atoms with Gasteiger partial charge in [0.15, 0.2) is 0 Å². The van der Waals surface area contributed by atoms with Gasteiger partial charge < -0.3 is 0 Å². The Morgan fingerprint density at radius 3 is 2.17 bits per heavy atom. The molecule has 0 saturated carbocycles. The maximum atomic E-state index is 2.44. The predicted molar refractivity (Wildman–Crippen MR) is 107 cm³/mol. The topological polar surface area (TPSA) is 3.24 Å². The fourth-order valence-electron chi connectivity index (χ4n) is 3.55. The summed E-state index contributed by atoms with van der Waals surface area (Å²) in [6.07, 6.45) is 0. The van der Waals surface area contributed by atoms with Gasteiger partial charge in [-0.1, -0.05) is 80.6 Å². The monoisotopic (exact) mass is 411 g/mol. The van der Waals surface area contributed by atoms with Crippen LogP contribution in [0.5, 0.6) is 0 Å². The Morgan fingerprint density at radius 2 is 1.39 bits per heavy atom. The molecule has 0 amide bonds. The molecule has 0 fully saturated rings. The van der Waals surface area contributed by atoms with Crippen LogP contribution in [-0.4, -0.2) is 0 Å². The van der Waals surface area contributed by atoms with E-state index in [1.54, 1.807) is 0 Å². The summed E-state index contributed by atoms with van der Waals surface area (Å²) in [5.41, 5.74) is 7.91. The van der Waals surface area contributed by atoms with Gasteiger partial charge in [-0.05, 0) is 22.8 Å². The van der Waals surface area contributed by atoms with Gasteiger partial charge in [-0.15, -0.1) is 0 Å². The molecule has 1 nitrogen and oxygen atoms in total. The van der Waals surface area contributed by atoms with E-state index in [-0.39, 0.29) is 5.41 Å². The van der Waals surface area contributed by atoms with Gasteiger partial charge in [-0.3, -0.25) is 3.11 Å². The van der Waals surface area contributed by atoms with Gasteiger partial charge in [0.05, 0.1) is 34.2 Å². The summed E-state index contributed by atoms with van der Waals surface area (Å²) in [5.74, 6) is 0. The second kappa shape index (κ2) is 5.38. The van der Waals surface area contributed by atoms with Crippen molar-refractivity contribution < 1.29 is 0 Å². The third kappa shape index (κ3) is 2.19. The Kier molecular flexibility index (Phi) is 3.45. The molecule has 0 bridgehead atoms. The van der Waals surface area contributed by atoms with Gasteiger partial charge in [-0.25, -0.2) is 0 Å². The molecule has 2 heteroatoms. The number of anilines is 2. The molecule has 0 radical (unpaired) electrons. The highest BCUT2D eigenvalue weighted by Crippen LogP contribution is 2.53. The minimum Gasteiger partial charge on any atom is -0.282 e. The van der Waals surface area contributed by atoms with Crippen molar-refractivity contribution in [1.29, 1.82) is 0 Å². The number of para-hydroxylation sites is 2. The Hall–Kier alpha value is -1.81. The zero-order valence-electron chi connectivity index (χ0n) is 13.3. The first-order valence-electron chi connectivity index (χ1n) is 7.85. The number of nitrogens with zero attached hydrogens (tertiary/aromatic N) is 1. The second-order valence-corrected chi connectivity index (χ2v) is 7.46. The first-order chi connectivity index (χ1) is 11.1. The van der Waals surface area contributed by atoms with Gasteiger partial charge in [0, 0.05) is 11.0 Å². The predicted octanol–water partition coefficient (Wildman–Crippen LogP) is 6.48. The van der Waals surface area contributed by atoms with Crippen molar-refractivity contribution in [2.24, 2.45) is 0 Å². The van der Waals surface area contributed by atoms with Crippen LogP contribution in [0.4, 0.5) is 11.4 Å². The van der Waals surface area contributed by atoms with Crippen molar-refractivity contribution in [3.63, 3.8) is 0 Å². The van der Waals surface area contributed by atoms with E-state index in [4.69, 9.17) is 0 Å². The van der Waals surface area contributed by atoms with E-state index in [9.17, 15) is 0 Å². The molecular formula is C21H18IN. The van der Waals surface area contributed by atoms with Crippen molar-refractivity contribution in [3.05, 3.63) is 83.9 Å². The summed E-state index contributed by atoms with van der Waals surface area (Å²) in [6, 6.07) is 26.1. The van der Waals surface area contributed by atoms with Crippen LogP contribution < -0.4 is 3.11 Å². The Morgan fingerprint density at radius 1 is 0.739 bits per heavy atom. The fourth-order valence-corrected chi connectivity index (χ4v) is 4.49. The van der Waals surface area contributed by atoms with Crippen LogP contribution in [0.15, 0.2) is 72.8 Å². The Labute approximate surface area is 151 Å². The van der Waals surface area contributed by atoms with Gasteiger partial charge >= 0.3 is 0 Å². The third-order valence-electron chi connectivity index (χ3n) is 4.78. The summed E-state index contributed by atoms with van der Waals surface area (Å²) in [7, 11) is 0. The van der Waals surface area contributed by atoms with Crippen LogP contribution in [0, 0.1) is 0 Å². The fraction of sp³-hybridized carbons (Fsp3) is 0.143. The zero-order chi connectivity index (χ0) is 16.0. The number of halogens is 1. The lowest BCUT2D eigenvalue weighted by Crippen LogP contribution is -2.28. The second-order valence-electron chi connectivity index (χ2n) is 6.49. The lowest BCUT2D eigenvalue weighted by molar-refractivity contribution is 0.636. The van der Waals surface area contributed by atoms with Crippen molar-refractivity contribution in [1.82, 2.24) is 0 Å². The van der Waals surface area contributed by atoms with Crippen molar-refractivity contribution in [2.75, 3.05) is 3.11 Å². The molecule has 0 N–H and O–H groups in total. The lowest BCUT2D eigenvalue weighted by Gasteiger charge is -2.40. The molecule has 3 aromatic rings.